The molecule has 0 radical (unpaired) electrons. The van der Waals surface area contributed by atoms with Crippen LogP contribution in [0.4, 0.5) is 0 Å². The van der Waals surface area contributed by atoms with Crippen molar-refractivity contribution < 1.29 is 14.1 Å². The van der Waals surface area contributed by atoms with E-state index in [9.17, 15) is 4.79 Å². The fraction of sp³-hybridized carbons (Fsp3) is 0.850. The van der Waals surface area contributed by atoms with Gasteiger partial charge < -0.3 is 14.2 Å². The molecule has 4 heterocycles. The average Bonchev–Trinajstić information content (AvgIpc) is 3.33. The highest BCUT2D eigenvalue weighted by molar-refractivity contribution is 5.77. The summed E-state index contributed by atoms with van der Waals surface area (Å²) in [4.78, 5) is 21.4. The van der Waals surface area contributed by atoms with Gasteiger partial charge in [-0.1, -0.05) is 19.0 Å². The van der Waals surface area contributed by atoms with Crippen molar-refractivity contribution in [3.63, 3.8) is 0 Å². The van der Waals surface area contributed by atoms with Gasteiger partial charge in [0.05, 0.1) is 12.6 Å². The van der Waals surface area contributed by atoms with Gasteiger partial charge in [0.1, 0.15) is 0 Å². The molecule has 0 saturated carbocycles. The summed E-state index contributed by atoms with van der Waals surface area (Å²) in [5.41, 5.74) is 0.279. The predicted octanol–water partition coefficient (Wildman–Crippen LogP) is 2.58. The van der Waals surface area contributed by atoms with E-state index in [1.165, 1.54) is 0 Å². The quantitative estimate of drug-likeness (QED) is 0.787. The first-order valence-electron chi connectivity index (χ1n) is 10.5. The third-order valence-corrected chi connectivity index (χ3v) is 6.47. The topological polar surface area (TPSA) is 71.7 Å². The van der Waals surface area contributed by atoms with Crippen LogP contribution in [0, 0.1) is 5.41 Å². The van der Waals surface area contributed by atoms with Crippen LogP contribution < -0.4 is 0 Å². The largest absolute Gasteiger partial charge is 0.376 e. The van der Waals surface area contributed by atoms with Crippen molar-refractivity contribution >= 4 is 5.91 Å². The first kappa shape index (κ1) is 18.9. The van der Waals surface area contributed by atoms with Gasteiger partial charge in [0.25, 0.3) is 0 Å². The molecular formula is C20H32N4O3. The normalized spacial score (nSPS) is 26.4. The van der Waals surface area contributed by atoms with Gasteiger partial charge in [0.15, 0.2) is 5.82 Å². The molecule has 7 heteroatoms. The van der Waals surface area contributed by atoms with Crippen LogP contribution in [-0.4, -0.2) is 64.7 Å². The van der Waals surface area contributed by atoms with Gasteiger partial charge in [-0.25, -0.2) is 0 Å². The Morgan fingerprint density at radius 2 is 2.07 bits per heavy atom. The summed E-state index contributed by atoms with van der Waals surface area (Å²) in [5.74, 6) is 2.11. The van der Waals surface area contributed by atoms with Crippen molar-refractivity contribution in [3.8, 4) is 0 Å². The highest BCUT2D eigenvalue weighted by Gasteiger charge is 2.41. The number of likely N-dealkylation sites (tertiary alicyclic amines) is 2. The number of nitrogens with zero attached hydrogens (tertiary/aromatic N) is 4. The van der Waals surface area contributed by atoms with Crippen molar-refractivity contribution in [1.29, 1.82) is 0 Å². The van der Waals surface area contributed by atoms with Crippen LogP contribution in [0.5, 0.6) is 0 Å². The lowest BCUT2D eigenvalue weighted by atomic mass is 9.72. The fourth-order valence-corrected chi connectivity index (χ4v) is 4.65. The SMILES string of the molecule is CC(C)c1noc(CN2CCC3(CCC(=O)N(C[C@H]4CCCO4)C3)CC2)n1. The third kappa shape index (κ3) is 4.35. The van der Waals surface area contributed by atoms with Crippen molar-refractivity contribution in [2.75, 3.05) is 32.8 Å². The summed E-state index contributed by atoms with van der Waals surface area (Å²) >= 11 is 0. The van der Waals surface area contributed by atoms with Crippen LogP contribution >= 0.6 is 0 Å². The van der Waals surface area contributed by atoms with E-state index in [2.05, 4.69) is 33.8 Å². The van der Waals surface area contributed by atoms with Crippen LogP contribution in [0.25, 0.3) is 0 Å². The highest BCUT2D eigenvalue weighted by Crippen LogP contribution is 2.40. The van der Waals surface area contributed by atoms with E-state index in [4.69, 9.17) is 9.26 Å². The lowest BCUT2D eigenvalue weighted by molar-refractivity contribution is -0.141. The van der Waals surface area contributed by atoms with E-state index in [1.54, 1.807) is 0 Å². The minimum atomic E-state index is 0.247. The number of amides is 1. The zero-order valence-corrected chi connectivity index (χ0v) is 16.7. The van der Waals surface area contributed by atoms with Gasteiger partial charge in [-0.2, -0.15) is 4.98 Å². The molecule has 0 N–H and O–H groups in total. The molecule has 0 bridgehead atoms. The molecule has 7 nitrogen and oxygen atoms in total. The van der Waals surface area contributed by atoms with E-state index < -0.39 is 0 Å². The van der Waals surface area contributed by atoms with Crippen LogP contribution in [0.2, 0.25) is 0 Å². The molecule has 4 rings (SSSR count). The summed E-state index contributed by atoms with van der Waals surface area (Å²) in [7, 11) is 0. The molecular weight excluding hydrogens is 344 g/mol. The van der Waals surface area contributed by atoms with E-state index in [0.29, 0.717) is 24.1 Å². The Bertz CT molecular complexity index is 645. The number of rotatable bonds is 5. The van der Waals surface area contributed by atoms with E-state index >= 15 is 0 Å². The molecule has 3 fully saturated rings. The van der Waals surface area contributed by atoms with Gasteiger partial charge in [-0.15, -0.1) is 0 Å². The molecule has 1 aromatic heterocycles. The smallest absolute Gasteiger partial charge is 0.240 e. The second-order valence-corrected chi connectivity index (χ2v) is 8.89. The number of piperidine rings is 2. The maximum Gasteiger partial charge on any atom is 0.240 e. The number of carbonyl (C=O) groups excluding carboxylic acids is 1. The Morgan fingerprint density at radius 3 is 2.74 bits per heavy atom. The molecule has 1 spiro atoms. The molecule has 1 atom stereocenters. The molecule has 150 valence electrons. The lowest BCUT2D eigenvalue weighted by Gasteiger charge is -2.47. The van der Waals surface area contributed by atoms with Crippen LogP contribution in [0.1, 0.15) is 70.0 Å². The fourth-order valence-electron chi connectivity index (χ4n) is 4.65. The standard InChI is InChI=1S/C20H32N4O3/c1-15(2)19-21-17(27-22-19)13-23-9-7-20(8-10-23)6-5-18(25)24(14-20)12-16-4-3-11-26-16/h15-16H,3-14H2,1-2H3/t16-/m1/s1. The van der Waals surface area contributed by atoms with Crippen LogP contribution in [0.3, 0.4) is 0 Å². The maximum atomic E-state index is 12.4. The number of hydrogen-bond donors (Lipinski definition) is 0. The second kappa shape index (κ2) is 7.87. The summed E-state index contributed by atoms with van der Waals surface area (Å²) in [5, 5.41) is 4.06. The van der Waals surface area contributed by atoms with E-state index in [0.717, 1.165) is 77.3 Å². The Hall–Kier alpha value is -1.47. The van der Waals surface area contributed by atoms with Gasteiger partial charge in [-0.05, 0) is 50.6 Å². The predicted molar refractivity (Wildman–Crippen MR) is 100 cm³/mol. The van der Waals surface area contributed by atoms with Crippen molar-refractivity contribution in [2.45, 2.75) is 70.9 Å². The Labute approximate surface area is 161 Å². The van der Waals surface area contributed by atoms with Gasteiger partial charge in [0, 0.05) is 32.0 Å². The van der Waals surface area contributed by atoms with Crippen LogP contribution in [0.15, 0.2) is 4.52 Å². The molecule has 0 aromatic carbocycles. The molecule has 0 aliphatic carbocycles. The minimum Gasteiger partial charge on any atom is -0.376 e. The van der Waals surface area contributed by atoms with Crippen LogP contribution in [-0.2, 0) is 16.1 Å². The zero-order chi connectivity index (χ0) is 18.9. The van der Waals surface area contributed by atoms with Crippen molar-refractivity contribution in [1.82, 2.24) is 19.9 Å². The number of ether oxygens (including phenoxy) is 1. The molecule has 1 aromatic rings. The summed E-state index contributed by atoms with van der Waals surface area (Å²) in [6, 6.07) is 0. The third-order valence-electron chi connectivity index (χ3n) is 6.47. The molecule has 3 aliphatic heterocycles. The molecule has 0 unspecified atom stereocenters. The van der Waals surface area contributed by atoms with Gasteiger partial charge in [0.2, 0.25) is 11.8 Å². The van der Waals surface area contributed by atoms with Crippen molar-refractivity contribution in [2.24, 2.45) is 5.41 Å². The van der Waals surface area contributed by atoms with E-state index in [-0.39, 0.29) is 11.5 Å². The molecule has 1 amide bonds. The second-order valence-electron chi connectivity index (χ2n) is 8.89. The minimum absolute atomic E-state index is 0.247. The Morgan fingerprint density at radius 1 is 1.26 bits per heavy atom. The first-order chi connectivity index (χ1) is 13.0. The Kier molecular flexibility index (Phi) is 5.50. The first-order valence-corrected chi connectivity index (χ1v) is 10.5. The van der Waals surface area contributed by atoms with Gasteiger partial charge >= 0.3 is 0 Å². The summed E-state index contributed by atoms with van der Waals surface area (Å²) in [6.45, 7) is 9.47. The summed E-state index contributed by atoms with van der Waals surface area (Å²) in [6.07, 6.45) is 6.44. The molecule has 27 heavy (non-hydrogen) atoms. The number of hydrogen-bond acceptors (Lipinski definition) is 6. The lowest BCUT2D eigenvalue weighted by Crippen LogP contribution is -2.52. The molecule has 3 saturated heterocycles. The Balaban J connectivity index is 1.31. The maximum absolute atomic E-state index is 12.4. The monoisotopic (exact) mass is 376 g/mol. The summed E-state index contributed by atoms with van der Waals surface area (Å²) < 4.78 is 11.2. The zero-order valence-electron chi connectivity index (χ0n) is 16.7. The highest BCUT2D eigenvalue weighted by atomic mass is 16.5. The molecule has 3 aliphatic rings. The number of carbonyl (C=O) groups is 1. The van der Waals surface area contributed by atoms with E-state index in [1.807, 2.05) is 0 Å². The average molecular weight is 377 g/mol. The van der Waals surface area contributed by atoms with Crippen molar-refractivity contribution in [3.05, 3.63) is 11.7 Å². The van der Waals surface area contributed by atoms with Gasteiger partial charge in [-0.3, -0.25) is 9.69 Å². The number of aromatic nitrogens is 2.